The monoisotopic (exact) mass is 239 g/mol. The fraction of sp³-hybridized carbons (Fsp3) is 0.636. The Bertz CT molecular complexity index is 352. The SMILES string of the molecule is C[C@@H]1CCCN1C(=O)[C@H](N)Cc1cscn1. The Kier molecular flexibility index (Phi) is 3.56. The lowest BCUT2D eigenvalue weighted by molar-refractivity contribution is -0.133. The number of likely N-dealkylation sites (tertiary alicyclic amines) is 1. The van der Waals surface area contributed by atoms with Crippen LogP contribution in [0.2, 0.25) is 0 Å². The van der Waals surface area contributed by atoms with Crippen molar-refractivity contribution in [2.24, 2.45) is 5.73 Å². The largest absolute Gasteiger partial charge is 0.339 e. The highest BCUT2D eigenvalue weighted by atomic mass is 32.1. The van der Waals surface area contributed by atoms with Gasteiger partial charge in [-0.1, -0.05) is 0 Å². The molecule has 0 aliphatic carbocycles. The fourth-order valence-electron chi connectivity index (χ4n) is 2.12. The quantitative estimate of drug-likeness (QED) is 0.857. The second-order valence-electron chi connectivity index (χ2n) is 4.31. The Morgan fingerprint density at radius 1 is 1.81 bits per heavy atom. The van der Waals surface area contributed by atoms with Crippen LogP contribution in [-0.2, 0) is 11.2 Å². The Morgan fingerprint density at radius 3 is 3.19 bits per heavy atom. The Balaban J connectivity index is 1.94. The minimum atomic E-state index is -0.442. The molecule has 1 fully saturated rings. The Hall–Kier alpha value is -0.940. The maximum atomic E-state index is 12.1. The van der Waals surface area contributed by atoms with Crippen LogP contribution in [0.1, 0.15) is 25.5 Å². The number of carbonyl (C=O) groups is 1. The van der Waals surface area contributed by atoms with Gasteiger partial charge in [-0.2, -0.15) is 0 Å². The van der Waals surface area contributed by atoms with E-state index in [2.05, 4.69) is 11.9 Å². The van der Waals surface area contributed by atoms with Crippen molar-refractivity contribution >= 4 is 17.2 Å². The molecule has 0 bridgehead atoms. The van der Waals surface area contributed by atoms with Gasteiger partial charge in [0.05, 0.1) is 17.2 Å². The zero-order valence-corrected chi connectivity index (χ0v) is 10.2. The predicted octanol–water partition coefficient (Wildman–Crippen LogP) is 1.02. The molecule has 1 saturated heterocycles. The summed E-state index contributed by atoms with van der Waals surface area (Å²) in [5.41, 5.74) is 8.61. The molecule has 2 heterocycles. The third-order valence-corrected chi connectivity index (χ3v) is 3.70. The van der Waals surface area contributed by atoms with Crippen LogP contribution in [0.25, 0.3) is 0 Å². The number of nitrogens with two attached hydrogens (primary N) is 1. The van der Waals surface area contributed by atoms with Crippen LogP contribution in [-0.4, -0.2) is 34.4 Å². The number of nitrogens with zero attached hydrogens (tertiary/aromatic N) is 2. The van der Waals surface area contributed by atoms with Gasteiger partial charge in [0.15, 0.2) is 0 Å². The summed E-state index contributed by atoms with van der Waals surface area (Å²) in [5, 5.41) is 1.94. The van der Waals surface area contributed by atoms with Crippen LogP contribution in [0.3, 0.4) is 0 Å². The van der Waals surface area contributed by atoms with E-state index in [0.717, 1.165) is 25.1 Å². The van der Waals surface area contributed by atoms with Gasteiger partial charge < -0.3 is 10.6 Å². The highest BCUT2D eigenvalue weighted by Crippen LogP contribution is 2.17. The molecule has 0 aromatic carbocycles. The number of hydrogen-bond donors (Lipinski definition) is 1. The van der Waals surface area contributed by atoms with Gasteiger partial charge in [-0.25, -0.2) is 4.98 Å². The molecule has 5 heteroatoms. The van der Waals surface area contributed by atoms with E-state index < -0.39 is 6.04 Å². The lowest BCUT2D eigenvalue weighted by Gasteiger charge is -2.24. The molecule has 2 rings (SSSR count). The van der Waals surface area contributed by atoms with Crippen molar-refractivity contribution in [3.8, 4) is 0 Å². The molecule has 1 amide bonds. The summed E-state index contributed by atoms with van der Waals surface area (Å²) in [4.78, 5) is 18.1. The minimum Gasteiger partial charge on any atom is -0.339 e. The summed E-state index contributed by atoms with van der Waals surface area (Å²) in [5.74, 6) is 0.0676. The number of carbonyl (C=O) groups excluding carboxylic acids is 1. The van der Waals surface area contributed by atoms with Gasteiger partial charge >= 0.3 is 0 Å². The molecule has 0 radical (unpaired) electrons. The number of thiazole rings is 1. The van der Waals surface area contributed by atoms with Crippen molar-refractivity contribution < 1.29 is 4.79 Å². The average Bonchev–Trinajstić information content (AvgIpc) is 2.88. The number of aromatic nitrogens is 1. The van der Waals surface area contributed by atoms with Crippen LogP contribution < -0.4 is 5.73 Å². The van der Waals surface area contributed by atoms with Gasteiger partial charge in [-0.3, -0.25) is 4.79 Å². The highest BCUT2D eigenvalue weighted by Gasteiger charge is 2.28. The normalized spacial score (nSPS) is 22.4. The minimum absolute atomic E-state index is 0.0676. The van der Waals surface area contributed by atoms with Gasteiger partial charge in [0.25, 0.3) is 0 Å². The zero-order chi connectivity index (χ0) is 11.5. The van der Waals surface area contributed by atoms with Crippen molar-refractivity contribution in [1.29, 1.82) is 0 Å². The topological polar surface area (TPSA) is 59.2 Å². The zero-order valence-electron chi connectivity index (χ0n) is 9.43. The first-order valence-corrected chi connectivity index (χ1v) is 6.56. The summed E-state index contributed by atoms with van der Waals surface area (Å²) in [7, 11) is 0. The molecule has 16 heavy (non-hydrogen) atoms. The Morgan fingerprint density at radius 2 is 2.62 bits per heavy atom. The first kappa shape index (κ1) is 11.5. The number of amides is 1. The second-order valence-corrected chi connectivity index (χ2v) is 5.03. The molecule has 0 unspecified atom stereocenters. The molecular weight excluding hydrogens is 222 g/mol. The van der Waals surface area contributed by atoms with Crippen LogP contribution >= 0.6 is 11.3 Å². The molecule has 4 nitrogen and oxygen atoms in total. The lowest BCUT2D eigenvalue weighted by atomic mass is 10.1. The third kappa shape index (κ3) is 2.41. The molecule has 2 atom stereocenters. The standard InChI is InChI=1S/C11H17N3OS/c1-8-3-2-4-14(8)11(15)10(12)5-9-6-16-7-13-9/h6-8,10H,2-5,12H2,1H3/t8-,10-/m1/s1. The number of rotatable bonds is 3. The predicted molar refractivity (Wildman–Crippen MR) is 64.2 cm³/mol. The fourth-order valence-corrected chi connectivity index (χ4v) is 2.70. The van der Waals surface area contributed by atoms with E-state index in [4.69, 9.17) is 5.73 Å². The first-order chi connectivity index (χ1) is 7.68. The van der Waals surface area contributed by atoms with E-state index in [1.54, 1.807) is 5.51 Å². The van der Waals surface area contributed by atoms with Crippen molar-refractivity contribution in [2.45, 2.75) is 38.3 Å². The molecule has 1 aromatic rings. The van der Waals surface area contributed by atoms with Gasteiger partial charge in [-0.05, 0) is 19.8 Å². The van der Waals surface area contributed by atoms with Crippen LogP contribution in [0.5, 0.6) is 0 Å². The van der Waals surface area contributed by atoms with Gasteiger partial charge in [0.2, 0.25) is 5.91 Å². The molecule has 0 saturated carbocycles. The van der Waals surface area contributed by atoms with E-state index in [9.17, 15) is 4.79 Å². The van der Waals surface area contributed by atoms with E-state index >= 15 is 0 Å². The molecule has 0 spiro atoms. The van der Waals surface area contributed by atoms with Gasteiger partial charge in [0, 0.05) is 24.4 Å². The summed E-state index contributed by atoms with van der Waals surface area (Å²) in [6, 6.07) is -0.100. The summed E-state index contributed by atoms with van der Waals surface area (Å²) in [6.07, 6.45) is 2.73. The molecule has 1 aliphatic rings. The van der Waals surface area contributed by atoms with E-state index in [1.807, 2.05) is 10.3 Å². The van der Waals surface area contributed by atoms with Crippen molar-refractivity contribution in [1.82, 2.24) is 9.88 Å². The first-order valence-electron chi connectivity index (χ1n) is 5.61. The van der Waals surface area contributed by atoms with Crippen LogP contribution in [0.4, 0.5) is 0 Å². The molecule has 1 aliphatic heterocycles. The van der Waals surface area contributed by atoms with Crippen molar-refractivity contribution in [3.05, 3.63) is 16.6 Å². The molecule has 2 N–H and O–H groups in total. The third-order valence-electron chi connectivity index (χ3n) is 3.07. The maximum absolute atomic E-state index is 12.1. The molecular formula is C11H17N3OS. The maximum Gasteiger partial charge on any atom is 0.240 e. The van der Waals surface area contributed by atoms with Crippen molar-refractivity contribution in [2.75, 3.05) is 6.54 Å². The van der Waals surface area contributed by atoms with Crippen LogP contribution in [0, 0.1) is 0 Å². The summed E-state index contributed by atoms with van der Waals surface area (Å²) in [6.45, 7) is 2.94. The molecule has 88 valence electrons. The van der Waals surface area contributed by atoms with Crippen molar-refractivity contribution in [3.63, 3.8) is 0 Å². The average molecular weight is 239 g/mol. The Labute approximate surface area is 99.5 Å². The lowest BCUT2D eigenvalue weighted by Crippen LogP contribution is -2.46. The number of hydrogen-bond acceptors (Lipinski definition) is 4. The summed E-state index contributed by atoms with van der Waals surface area (Å²) >= 11 is 1.53. The summed E-state index contributed by atoms with van der Waals surface area (Å²) < 4.78 is 0. The van der Waals surface area contributed by atoms with E-state index in [1.165, 1.54) is 11.3 Å². The smallest absolute Gasteiger partial charge is 0.240 e. The van der Waals surface area contributed by atoms with Gasteiger partial charge in [-0.15, -0.1) is 11.3 Å². The highest BCUT2D eigenvalue weighted by molar-refractivity contribution is 7.07. The second kappa shape index (κ2) is 4.93. The van der Waals surface area contributed by atoms with E-state index in [0.29, 0.717) is 12.5 Å². The van der Waals surface area contributed by atoms with E-state index in [-0.39, 0.29) is 5.91 Å². The van der Waals surface area contributed by atoms with Gasteiger partial charge in [0.1, 0.15) is 0 Å². The molecule has 1 aromatic heterocycles. The van der Waals surface area contributed by atoms with Crippen LogP contribution in [0.15, 0.2) is 10.9 Å².